The second kappa shape index (κ2) is 29.6. The monoisotopic (exact) mass is 1260 g/mol. The maximum Gasteiger partial charge on any atom is 0.425 e. The smallest absolute Gasteiger partial charge is 0.425 e. The average Bonchev–Trinajstić information content (AvgIpc) is 3.63. The number of thioether (sulfide) groups is 1. The maximum atomic E-state index is 14.6. The summed E-state index contributed by atoms with van der Waals surface area (Å²) >= 11 is 2.78. The highest BCUT2D eigenvalue weighted by Gasteiger charge is 2.48. The van der Waals surface area contributed by atoms with Crippen molar-refractivity contribution in [1.29, 1.82) is 0 Å². The Bertz CT molecular complexity index is 3860. The minimum atomic E-state index is -4.48. The van der Waals surface area contributed by atoms with Crippen LogP contribution in [0.2, 0.25) is 0 Å². The van der Waals surface area contributed by atoms with Crippen LogP contribution in [0.5, 0.6) is 0 Å². The van der Waals surface area contributed by atoms with Gasteiger partial charge >= 0.3 is 27.2 Å². The Hall–Kier alpha value is -7.38. The lowest BCUT2D eigenvalue weighted by atomic mass is 9.70. The molecule has 7 rings (SSSR count). The van der Waals surface area contributed by atoms with Gasteiger partial charge in [0, 0.05) is 52.6 Å². The van der Waals surface area contributed by atoms with Crippen molar-refractivity contribution in [3.8, 4) is 20.9 Å². The normalized spacial score (nSPS) is 15.7. The number of unbranched alkanes of at least 4 members (excludes halogenated alkanes) is 2. The lowest BCUT2D eigenvalue weighted by molar-refractivity contribution is -0.144. The second-order valence-electron chi connectivity index (χ2n) is 17.7. The van der Waals surface area contributed by atoms with E-state index in [9.17, 15) is 53.3 Å². The topological polar surface area (TPSA) is 361 Å². The Morgan fingerprint density at radius 1 is 0.585 bits per heavy atom. The van der Waals surface area contributed by atoms with Crippen LogP contribution >= 0.6 is 23.1 Å². The van der Waals surface area contributed by atoms with Crippen molar-refractivity contribution in [2.75, 3.05) is 13.1 Å². The molecule has 1 aromatic heterocycles. The zero-order chi connectivity index (χ0) is 60.4. The van der Waals surface area contributed by atoms with E-state index in [4.69, 9.17) is 30.4 Å². The van der Waals surface area contributed by atoms with Crippen LogP contribution in [0.1, 0.15) is 62.1 Å². The molecule has 0 bridgehead atoms. The molecular formula is C54H51N2O19S7+. The minimum absolute atomic E-state index is 0.00288. The number of hydrogen-bond acceptors (Lipinski definition) is 16. The molecule has 1 aliphatic heterocycles. The summed E-state index contributed by atoms with van der Waals surface area (Å²) in [5.74, 6) is -1.92. The van der Waals surface area contributed by atoms with Gasteiger partial charge in [0.05, 0.1) is 14.7 Å². The van der Waals surface area contributed by atoms with Crippen molar-refractivity contribution < 1.29 is 83.7 Å². The summed E-state index contributed by atoms with van der Waals surface area (Å²) in [6, 6.07) is 30.7. The summed E-state index contributed by atoms with van der Waals surface area (Å²) in [4.78, 5) is 42.2. The summed E-state index contributed by atoms with van der Waals surface area (Å²) in [5.41, 5.74) is 3.76. The second-order valence-corrected chi connectivity index (χ2v) is 25.0. The summed E-state index contributed by atoms with van der Waals surface area (Å²) in [7, 11) is -19.6. The van der Waals surface area contributed by atoms with Crippen LogP contribution in [-0.4, -0.2) is 100 Å². The Balaban J connectivity index is 0.00000144. The van der Waals surface area contributed by atoms with Gasteiger partial charge in [-0.05, 0) is 139 Å². The average molecular weight is 1260 g/mol. The first-order chi connectivity index (χ1) is 38.6. The zero-order valence-electron chi connectivity index (χ0n) is 42.9. The summed E-state index contributed by atoms with van der Waals surface area (Å²) in [5, 5.41) is 14.9. The molecule has 432 valence electrons. The van der Waals surface area contributed by atoms with E-state index in [-0.39, 0.29) is 47.0 Å². The van der Waals surface area contributed by atoms with Crippen molar-refractivity contribution >= 4 is 108 Å². The van der Waals surface area contributed by atoms with Crippen molar-refractivity contribution in [2.24, 2.45) is 5.41 Å². The lowest BCUT2D eigenvalue weighted by Crippen LogP contribution is -2.52. The van der Waals surface area contributed by atoms with E-state index in [1.54, 1.807) is 31.2 Å². The molecule has 2 heterocycles. The molecule has 2 amide bonds. The van der Waals surface area contributed by atoms with Crippen LogP contribution in [0.3, 0.4) is 0 Å². The van der Waals surface area contributed by atoms with Crippen molar-refractivity contribution in [3.05, 3.63) is 185 Å². The Labute approximate surface area is 484 Å². The van der Waals surface area contributed by atoms with Gasteiger partial charge in [-0.25, -0.2) is 0 Å². The molecule has 5 aromatic rings. The molecule has 28 heteroatoms. The number of benzene rings is 4. The molecular weight excluding hydrogens is 1210 g/mol. The summed E-state index contributed by atoms with van der Waals surface area (Å²) in [6.07, 6.45) is 14.3. The van der Waals surface area contributed by atoms with Crippen LogP contribution in [-0.2, 0) is 66.0 Å². The van der Waals surface area contributed by atoms with Crippen LogP contribution in [0.25, 0.3) is 36.8 Å². The van der Waals surface area contributed by atoms with Crippen LogP contribution in [0, 0.1) is 5.41 Å². The molecule has 82 heavy (non-hydrogen) atoms. The first kappa shape index (κ1) is 65.4. The van der Waals surface area contributed by atoms with Crippen LogP contribution in [0.4, 0.5) is 0 Å². The first-order valence-electron chi connectivity index (χ1n) is 24.1. The molecule has 1 aliphatic carbocycles. The maximum absolute atomic E-state index is 14.6. The fourth-order valence-corrected chi connectivity index (χ4v) is 11.9. The highest BCUT2D eigenvalue weighted by atomic mass is 32.2. The molecule has 6 N–H and O–H groups in total. The van der Waals surface area contributed by atoms with E-state index < -0.39 is 74.8 Å². The van der Waals surface area contributed by atoms with E-state index in [2.05, 4.69) is 10.6 Å². The SMILES string of the molecule is CCNC(=O)C1(C(=O)NCCCCCC(=O)O)CC(/C=C/c2cc(-c3ccccc3)[s+]c(-c3ccc(S(=O)(=O)O)cc3)c2)=CC(=C/C=C2C=C(c3ccc(S(=O)(=O)O)cc3)SC(c3ccc(S(=O)(=O)O)cc3)=C2)/C1.O=S(=O)=O.O=S(=O)=O. The van der Waals surface area contributed by atoms with Crippen molar-refractivity contribution in [3.63, 3.8) is 0 Å². The van der Waals surface area contributed by atoms with Gasteiger partial charge in [-0.1, -0.05) is 91.0 Å². The van der Waals surface area contributed by atoms with Gasteiger partial charge in [0.15, 0.2) is 0 Å². The molecule has 0 radical (unpaired) electrons. The van der Waals surface area contributed by atoms with Crippen LogP contribution in [0.15, 0.2) is 183 Å². The van der Waals surface area contributed by atoms with Crippen molar-refractivity contribution in [2.45, 2.75) is 60.1 Å². The van der Waals surface area contributed by atoms with Gasteiger partial charge in [0.1, 0.15) is 5.41 Å². The fourth-order valence-electron chi connectivity index (χ4n) is 8.20. The number of aliphatic carboxylic acids is 1. The minimum Gasteiger partial charge on any atom is -0.481 e. The number of carboxylic acids is 1. The third-order valence-electron chi connectivity index (χ3n) is 11.9. The summed E-state index contributed by atoms with van der Waals surface area (Å²) < 4.78 is 151. The standard InChI is InChI=1S/C54H50N2O13S5.2O3S/c1-2-55-52(59)54(53(60)56-28-8-4-7-11-51(57)58)34-38(14-12-36-30-47(40-9-5-3-6-10-40)70-48(31-36)41-16-22-44(23-17-41)72(61,62)63)29-39(35-54)15-13-37-32-49(42-18-24-45(25-19-42)73(64,65)66)71-50(33-37)43-20-26-46(27-21-43)74(67,68)69;2*1-4(2)3/h3,5-6,9-10,12-27,29-33H,2,4,7-8,11,28,34-35H2,1H3,(H5-,55,56,57,58,59,60,61,62,63,64,65,66,67,68,69);;/p+1. The quantitative estimate of drug-likeness (QED) is 0.0195. The number of allylic oxidation sites excluding steroid dienone is 9. The Kier molecular flexibility index (Phi) is 23.6. The fraction of sp³-hybridized carbons (Fsp3) is 0.185. The lowest BCUT2D eigenvalue weighted by Gasteiger charge is -2.35. The molecule has 2 aliphatic rings. The number of carbonyl (C=O) groups is 3. The third-order valence-corrected chi connectivity index (χ3v) is 16.8. The molecule has 0 spiro atoms. The number of carbonyl (C=O) groups excluding carboxylic acids is 2. The van der Waals surface area contributed by atoms with E-state index in [1.165, 1.54) is 83.8 Å². The molecule has 21 nitrogen and oxygen atoms in total. The first-order valence-corrected chi connectivity index (χ1v) is 32.0. The number of hydrogen-bond donors (Lipinski definition) is 6. The third kappa shape index (κ3) is 20.0. The highest BCUT2D eigenvalue weighted by Crippen LogP contribution is 2.45. The van der Waals surface area contributed by atoms with Gasteiger partial charge in [-0.3, -0.25) is 28.0 Å². The number of nitrogens with one attached hydrogen (secondary N) is 2. The zero-order valence-corrected chi connectivity index (χ0v) is 48.7. The molecule has 0 saturated carbocycles. The molecule has 1 unspecified atom stereocenters. The van der Waals surface area contributed by atoms with Gasteiger partial charge < -0.3 is 15.7 Å². The predicted molar refractivity (Wildman–Crippen MR) is 308 cm³/mol. The van der Waals surface area contributed by atoms with Crippen LogP contribution < -0.4 is 10.6 Å². The van der Waals surface area contributed by atoms with E-state index in [0.717, 1.165) is 20.9 Å². The van der Waals surface area contributed by atoms with Gasteiger partial charge in [-0.2, -0.15) is 25.3 Å². The van der Waals surface area contributed by atoms with Gasteiger partial charge in [0.2, 0.25) is 32.9 Å². The molecule has 0 saturated heterocycles. The van der Waals surface area contributed by atoms with E-state index in [1.807, 2.05) is 72.8 Å². The van der Waals surface area contributed by atoms with Gasteiger partial charge in [-0.15, -0.1) is 25.3 Å². The Morgan fingerprint density at radius 2 is 1.04 bits per heavy atom. The number of rotatable bonds is 19. The predicted octanol–water partition coefficient (Wildman–Crippen LogP) is 8.39. The van der Waals surface area contributed by atoms with E-state index >= 15 is 0 Å². The molecule has 1 atom stereocenters. The molecule has 0 fully saturated rings. The van der Waals surface area contributed by atoms with Crippen molar-refractivity contribution in [1.82, 2.24) is 10.6 Å². The van der Waals surface area contributed by atoms with E-state index in [0.29, 0.717) is 62.5 Å². The number of amides is 2. The largest absolute Gasteiger partial charge is 0.481 e. The summed E-state index contributed by atoms with van der Waals surface area (Å²) in [6.45, 7) is 2.19. The highest BCUT2D eigenvalue weighted by molar-refractivity contribution is 8.16. The molecule has 4 aromatic carbocycles. The Morgan fingerprint density at radius 3 is 1.49 bits per heavy atom. The van der Waals surface area contributed by atoms with Gasteiger partial charge in [0.25, 0.3) is 30.4 Å². The number of carboxylic acid groups (broad SMARTS) is 1.